The SMILES string of the molecule is OC1CCCN(CCC2OCCCO2)C1. The van der Waals surface area contributed by atoms with Gasteiger partial charge in [-0.3, -0.25) is 0 Å². The highest BCUT2D eigenvalue weighted by Crippen LogP contribution is 2.13. The summed E-state index contributed by atoms with van der Waals surface area (Å²) < 4.78 is 11.0. The zero-order valence-corrected chi connectivity index (χ0v) is 9.23. The Hall–Kier alpha value is -0.160. The Morgan fingerprint density at radius 2 is 2.00 bits per heavy atom. The van der Waals surface area contributed by atoms with E-state index >= 15 is 0 Å². The van der Waals surface area contributed by atoms with Crippen LogP contribution in [0.5, 0.6) is 0 Å². The predicted octanol–water partition coefficient (Wildman–Crippen LogP) is 0.596. The van der Waals surface area contributed by atoms with Gasteiger partial charge in [0.25, 0.3) is 0 Å². The molecule has 88 valence electrons. The number of hydrogen-bond donors (Lipinski definition) is 1. The first-order valence-corrected chi connectivity index (χ1v) is 5.98. The van der Waals surface area contributed by atoms with Crippen LogP contribution in [0.3, 0.4) is 0 Å². The van der Waals surface area contributed by atoms with Crippen molar-refractivity contribution < 1.29 is 14.6 Å². The van der Waals surface area contributed by atoms with Crippen molar-refractivity contribution in [3.63, 3.8) is 0 Å². The largest absolute Gasteiger partial charge is 0.392 e. The number of β-amino-alcohol motifs (C(OH)–C–C–N with tert-alkyl or cyclic N) is 1. The summed E-state index contributed by atoms with van der Waals surface area (Å²) in [6, 6.07) is 0. The Morgan fingerprint density at radius 3 is 2.73 bits per heavy atom. The number of aliphatic hydroxyl groups excluding tert-OH is 1. The first-order chi connectivity index (χ1) is 7.34. The van der Waals surface area contributed by atoms with E-state index in [1.54, 1.807) is 0 Å². The Bertz CT molecular complexity index is 183. The molecule has 4 heteroatoms. The number of ether oxygens (including phenoxy) is 2. The monoisotopic (exact) mass is 215 g/mol. The summed E-state index contributed by atoms with van der Waals surface area (Å²) in [6.45, 7) is 4.54. The number of likely N-dealkylation sites (tertiary alicyclic amines) is 1. The first-order valence-electron chi connectivity index (χ1n) is 5.98. The number of nitrogens with zero attached hydrogens (tertiary/aromatic N) is 1. The third kappa shape index (κ3) is 3.72. The van der Waals surface area contributed by atoms with Crippen molar-refractivity contribution in [2.24, 2.45) is 0 Å². The van der Waals surface area contributed by atoms with Crippen LogP contribution in [0.4, 0.5) is 0 Å². The minimum Gasteiger partial charge on any atom is -0.392 e. The molecule has 1 atom stereocenters. The molecule has 2 aliphatic rings. The van der Waals surface area contributed by atoms with Crippen molar-refractivity contribution in [3.8, 4) is 0 Å². The zero-order chi connectivity index (χ0) is 10.5. The van der Waals surface area contributed by atoms with Gasteiger partial charge in [-0.1, -0.05) is 0 Å². The average Bonchev–Trinajstić information content (AvgIpc) is 2.28. The molecule has 2 heterocycles. The summed E-state index contributed by atoms with van der Waals surface area (Å²) in [5.74, 6) is 0. The molecular formula is C11H21NO3. The molecule has 0 aromatic heterocycles. The second kappa shape index (κ2) is 5.80. The van der Waals surface area contributed by atoms with Crippen LogP contribution < -0.4 is 0 Å². The van der Waals surface area contributed by atoms with Crippen molar-refractivity contribution >= 4 is 0 Å². The molecular weight excluding hydrogens is 194 g/mol. The van der Waals surface area contributed by atoms with Gasteiger partial charge in [0.1, 0.15) is 0 Å². The number of piperidine rings is 1. The van der Waals surface area contributed by atoms with Gasteiger partial charge in [0.15, 0.2) is 6.29 Å². The van der Waals surface area contributed by atoms with Gasteiger partial charge in [0, 0.05) is 19.5 Å². The molecule has 2 fully saturated rings. The Labute approximate surface area is 91.2 Å². The molecule has 1 unspecified atom stereocenters. The van der Waals surface area contributed by atoms with E-state index in [9.17, 15) is 5.11 Å². The Morgan fingerprint density at radius 1 is 1.20 bits per heavy atom. The smallest absolute Gasteiger partial charge is 0.158 e. The van der Waals surface area contributed by atoms with E-state index in [1.807, 2.05) is 0 Å². The lowest BCUT2D eigenvalue weighted by Gasteiger charge is -2.31. The lowest BCUT2D eigenvalue weighted by Crippen LogP contribution is -2.40. The molecule has 2 rings (SSSR count). The van der Waals surface area contributed by atoms with Gasteiger partial charge in [0.05, 0.1) is 19.3 Å². The highest BCUT2D eigenvalue weighted by atomic mass is 16.7. The van der Waals surface area contributed by atoms with E-state index in [4.69, 9.17) is 9.47 Å². The van der Waals surface area contributed by atoms with Gasteiger partial charge in [0.2, 0.25) is 0 Å². The van der Waals surface area contributed by atoms with E-state index in [0.29, 0.717) is 0 Å². The van der Waals surface area contributed by atoms with Crippen LogP contribution in [0.1, 0.15) is 25.7 Å². The third-order valence-electron chi connectivity index (χ3n) is 3.06. The van der Waals surface area contributed by atoms with Crippen molar-refractivity contribution in [1.82, 2.24) is 4.90 Å². The molecule has 2 aliphatic heterocycles. The molecule has 0 amide bonds. The Kier molecular flexibility index (Phi) is 4.38. The van der Waals surface area contributed by atoms with E-state index in [1.165, 1.54) is 0 Å². The summed E-state index contributed by atoms with van der Waals surface area (Å²) in [7, 11) is 0. The highest BCUT2D eigenvalue weighted by molar-refractivity contribution is 4.72. The fourth-order valence-electron chi connectivity index (χ4n) is 2.23. The first kappa shape index (κ1) is 11.3. The molecule has 0 spiro atoms. The molecule has 0 aromatic carbocycles. The molecule has 0 bridgehead atoms. The van der Waals surface area contributed by atoms with Gasteiger partial charge in [-0.05, 0) is 25.8 Å². The van der Waals surface area contributed by atoms with E-state index in [-0.39, 0.29) is 12.4 Å². The quantitative estimate of drug-likeness (QED) is 0.748. The fraction of sp³-hybridized carbons (Fsp3) is 1.00. The van der Waals surface area contributed by atoms with Crippen LogP contribution >= 0.6 is 0 Å². The third-order valence-corrected chi connectivity index (χ3v) is 3.06. The number of aliphatic hydroxyl groups is 1. The fourth-order valence-corrected chi connectivity index (χ4v) is 2.23. The summed E-state index contributed by atoms with van der Waals surface area (Å²) in [6.07, 6.45) is 3.84. The van der Waals surface area contributed by atoms with Crippen LogP contribution in [-0.4, -0.2) is 55.2 Å². The van der Waals surface area contributed by atoms with Crippen molar-refractivity contribution in [1.29, 1.82) is 0 Å². The highest BCUT2D eigenvalue weighted by Gasteiger charge is 2.20. The predicted molar refractivity (Wildman–Crippen MR) is 56.6 cm³/mol. The van der Waals surface area contributed by atoms with Crippen LogP contribution in [0.25, 0.3) is 0 Å². The van der Waals surface area contributed by atoms with Crippen molar-refractivity contribution in [2.75, 3.05) is 32.8 Å². The maximum absolute atomic E-state index is 9.51. The van der Waals surface area contributed by atoms with Gasteiger partial charge in [-0.15, -0.1) is 0 Å². The maximum Gasteiger partial charge on any atom is 0.158 e. The molecule has 4 nitrogen and oxygen atoms in total. The molecule has 0 radical (unpaired) electrons. The molecule has 15 heavy (non-hydrogen) atoms. The van der Waals surface area contributed by atoms with Gasteiger partial charge >= 0.3 is 0 Å². The van der Waals surface area contributed by atoms with Crippen molar-refractivity contribution in [2.45, 2.75) is 38.1 Å². The lowest BCUT2D eigenvalue weighted by molar-refractivity contribution is -0.183. The van der Waals surface area contributed by atoms with Crippen LogP contribution in [0.15, 0.2) is 0 Å². The molecule has 2 saturated heterocycles. The van der Waals surface area contributed by atoms with Crippen molar-refractivity contribution in [3.05, 3.63) is 0 Å². The summed E-state index contributed by atoms with van der Waals surface area (Å²) in [5, 5.41) is 9.51. The van der Waals surface area contributed by atoms with E-state index < -0.39 is 0 Å². The second-order valence-corrected chi connectivity index (χ2v) is 4.41. The lowest BCUT2D eigenvalue weighted by atomic mass is 10.1. The minimum atomic E-state index is -0.132. The minimum absolute atomic E-state index is 0.0159. The molecule has 0 saturated carbocycles. The zero-order valence-electron chi connectivity index (χ0n) is 9.23. The maximum atomic E-state index is 9.51. The van der Waals surface area contributed by atoms with Gasteiger partial charge < -0.3 is 19.5 Å². The van der Waals surface area contributed by atoms with Gasteiger partial charge in [-0.2, -0.15) is 0 Å². The number of rotatable bonds is 3. The normalized spacial score (nSPS) is 30.6. The van der Waals surface area contributed by atoms with Crippen LogP contribution in [0, 0.1) is 0 Å². The van der Waals surface area contributed by atoms with Gasteiger partial charge in [-0.25, -0.2) is 0 Å². The van der Waals surface area contributed by atoms with Crippen LogP contribution in [-0.2, 0) is 9.47 Å². The van der Waals surface area contributed by atoms with Crippen LogP contribution in [0.2, 0.25) is 0 Å². The summed E-state index contributed by atoms with van der Waals surface area (Å²) in [5.41, 5.74) is 0. The average molecular weight is 215 g/mol. The molecule has 0 aliphatic carbocycles. The summed E-state index contributed by atoms with van der Waals surface area (Å²) >= 11 is 0. The number of hydrogen-bond acceptors (Lipinski definition) is 4. The molecule has 0 aromatic rings. The summed E-state index contributed by atoms with van der Waals surface area (Å²) in [4.78, 5) is 2.30. The van der Waals surface area contributed by atoms with E-state index in [0.717, 1.165) is 58.5 Å². The standard InChI is InChI=1S/C11H21NO3/c13-10-3-1-5-12(9-10)6-4-11-14-7-2-8-15-11/h10-11,13H,1-9H2. The Balaban J connectivity index is 1.63. The topological polar surface area (TPSA) is 41.9 Å². The second-order valence-electron chi connectivity index (χ2n) is 4.41. The molecule has 1 N–H and O–H groups in total. The van der Waals surface area contributed by atoms with E-state index in [2.05, 4.69) is 4.90 Å².